The van der Waals surface area contributed by atoms with Crippen LogP contribution in [0.2, 0.25) is 0 Å². The number of carbonyl (C=O) groups excluding carboxylic acids is 1. The molecule has 0 radical (unpaired) electrons. The van der Waals surface area contributed by atoms with Crippen LogP contribution in [0.5, 0.6) is 0 Å². The third kappa shape index (κ3) is 5.07. The van der Waals surface area contributed by atoms with Gasteiger partial charge in [0.15, 0.2) is 10.7 Å². The molecule has 4 rings (SSSR count). The lowest BCUT2D eigenvalue weighted by Gasteiger charge is -2.31. The molecule has 1 N–H and O–H groups in total. The van der Waals surface area contributed by atoms with Gasteiger partial charge in [0.05, 0.1) is 5.92 Å². The van der Waals surface area contributed by atoms with Crippen molar-refractivity contribution in [2.24, 2.45) is 5.92 Å². The average molecular weight is 485 g/mol. The zero-order valence-electron chi connectivity index (χ0n) is 18.9. The van der Waals surface area contributed by atoms with Crippen molar-refractivity contribution >= 4 is 33.9 Å². The van der Waals surface area contributed by atoms with E-state index < -0.39 is 21.8 Å². The van der Waals surface area contributed by atoms with E-state index >= 15 is 0 Å². The lowest BCUT2D eigenvalue weighted by Crippen LogP contribution is -2.44. The van der Waals surface area contributed by atoms with Gasteiger partial charge in [0, 0.05) is 24.3 Å². The van der Waals surface area contributed by atoms with Crippen molar-refractivity contribution in [3.63, 3.8) is 0 Å². The van der Waals surface area contributed by atoms with Crippen LogP contribution in [-0.2, 0) is 14.8 Å². The van der Waals surface area contributed by atoms with Crippen molar-refractivity contribution in [2.75, 3.05) is 18.4 Å². The number of carbonyl (C=O) groups is 1. The summed E-state index contributed by atoms with van der Waals surface area (Å²) in [6.45, 7) is 3.66. The topological polar surface area (TPSA) is 105 Å². The number of aryl methyl sites for hydroxylation is 2. The Morgan fingerprint density at radius 1 is 1.18 bits per heavy atom. The number of hydrogen-bond donors (Lipinski definition) is 1. The van der Waals surface area contributed by atoms with E-state index in [4.69, 9.17) is 4.52 Å². The number of piperidine rings is 1. The van der Waals surface area contributed by atoms with Crippen molar-refractivity contribution in [1.29, 1.82) is 0 Å². The molecule has 3 aromatic rings. The largest absolute Gasteiger partial charge is 0.355 e. The summed E-state index contributed by atoms with van der Waals surface area (Å²) in [7, 11) is -4.00. The van der Waals surface area contributed by atoms with Crippen LogP contribution in [0, 0.1) is 25.6 Å². The van der Waals surface area contributed by atoms with Gasteiger partial charge in [0.25, 0.3) is 0 Å². The molecule has 1 aliphatic rings. The van der Waals surface area contributed by atoms with Crippen LogP contribution in [0.1, 0.15) is 35.6 Å². The highest BCUT2D eigenvalue weighted by Crippen LogP contribution is 2.29. The molecule has 2 aromatic heterocycles. The summed E-state index contributed by atoms with van der Waals surface area (Å²) in [5.41, 5.74) is 1.26. The van der Waals surface area contributed by atoms with Crippen molar-refractivity contribution in [3.8, 4) is 0 Å². The first-order chi connectivity index (χ1) is 16.3. The molecule has 10 heteroatoms. The summed E-state index contributed by atoms with van der Waals surface area (Å²) < 4.78 is 47.5. The molecule has 178 valence electrons. The number of nitrogens with zero attached hydrogens (tertiary/aromatic N) is 3. The summed E-state index contributed by atoms with van der Waals surface area (Å²) >= 11 is 0. The van der Waals surface area contributed by atoms with E-state index in [1.165, 1.54) is 29.4 Å². The van der Waals surface area contributed by atoms with Crippen molar-refractivity contribution < 1.29 is 22.1 Å². The fraction of sp³-hybridized carbons (Fsp3) is 0.292. The fourth-order valence-electron chi connectivity index (χ4n) is 3.92. The van der Waals surface area contributed by atoms with Crippen LogP contribution in [0.15, 0.2) is 51.9 Å². The van der Waals surface area contributed by atoms with E-state index in [0.717, 1.165) is 5.69 Å². The van der Waals surface area contributed by atoms with Crippen molar-refractivity contribution in [1.82, 2.24) is 14.4 Å². The number of anilines is 1. The minimum absolute atomic E-state index is 0.0105. The Hall–Kier alpha value is -3.37. The maximum Gasteiger partial charge on any atom is 0.248 e. The Bertz CT molecular complexity index is 1340. The zero-order valence-corrected chi connectivity index (χ0v) is 19.7. The van der Waals surface area contributed by atoms with Gasteiger partial charge < -0.3 is 9.84 Å². The van der Waals surface area contributed by atoms with Crippen molar-refractivity contribution in [2.45, 2.75) is 31.6 Å². The summed E-state index contributed by atoms with van der Waals surface area (Å²) in [4.78, 5) is 17.0. The highest BCUT2D eigenvalue weighted by Gasteiger charge is 2.37. The lowest BCUT2D eigenvalue weighted by molar-refractivity contribution is -0.120. The van der Waals surface area contributed by atoms with Gasteiger partial charge in [-0.15, -0.1) is 0 Å². The lowest BCUT2D eigenvalue weighted by atomic mass is 9.99. The van der Waals surface area contributed by atoms with Crippen LogP contribution in [0.25, 0.3) is 12.2 Å². The predicted molar refractivity (Wildman–Crippen MR) is 126 cm³/mol. The van der Waals surface area contributed by atoms with Crippen LogP contribution >= 0.6 is 0 Å². The summed E-state index contributed by atoms with van der Waals surface area (Å²) in [5.74, 6) is -0.799. The Balaban J connectivity index is 1.54. The van der Waals surface area contributed by atoms with Gasteiger partial charge in [-0.1, -0.05) is 29.4 Å². The van der Waals surface area contributed by atoms with E-state index in [9.17, 15) is 17.6 Å². The first-order valence-corrected chi connectivity index (χ1v) is 12.3. The van der Waals surface area contributed by atoms with E-state index in [2.05, 4.69) is 15.5 Å². The van der Waals surface area contributed by atoms with E-state index in [0.29, 0.717) is 24.2 Å². The Kier molecular flexibility index (Phi) is 6.90. The number of benzene rings is 1. The number of sulfonamides is 1. The second-order valence-electron chi connectivity index (χ2n) is 8.17. The fourth-order valence-corrected chi connectivity index (χ4v) is 5.69. The second kappa shape index (κ2) is 9.86. The van der Waals surface area contributed by atoms with Crippen LogP contribution < -0.4 is 5.32 Å². The molecule has 8 nitrogen and oxygen atoms in total. The maximum absolute atomic E-state index is 14.0. The number of aromatic nitrogens is 2. The molecule has 1 fully saturated rings. The van der Waals surface area contributed by atoms with E-state index in [1.807, 2.05) is 13.0 Å². The standard InChI is InChI=1S/C24H25FN4O4S/c1-16-7-5-11-22(26-16)27-24(30)19-9-6-14-29(15-19)34(31,32)23-17(2)28-33-21(23)13-12-18-8-3-4-10-20(18)25/h3-5,7-8,10-13,19H,6,9,14-15H2,1-2H3,(H,26,27,30)/b13-12+/t19-/m1/s1. The normalized spacial score (nSPS) is 17.2. The highest BCUT2D eigenvalue weighted by molar-refractivity contribution is 7.89. The third-order valence-corrected chi connectivity index (χ3v) is 7.67. The molecule has 34 heavy (non-hydrogen) atoms. The average Bonchev–Trinajstić information content (AvgIpc) is 3.19. The van der Waals surface area contributed by atoms with Gasteiger partial charge in [0.1, 0.15) is 17.3 Å². The molecule has 1 atom stereocenters. The number of amides is 1. The van der Waals surface area contributed by atoms with Crippen molar-refractivity contribution in [3.05, 3.63) is 71.0 Å². The Labute approximate surface area is 197 Å². The smallest absolute Gasteiger partial charge is 0.248 e. The number of hydrogen-bond acceptors (Lipinski definition) is 6. The van der Waals surface area contributed by atoms with Crippen LogP contribution in [-0.4, -0.2) is 41.9 Å². The number of nitrogens with one attached hydrogen (secondary N) is 1. The molecule has 1 aromatic carbocycles. The monoisotopic (exact) mass is 484 g/mol. The van der Waals surface area contributed by atoms with Gasteiger partial charge in [-0.3, -0.25) is 4.79 Å². The predicted octanol–water partition coefficient (Wildman–Crippen LogP) is 4.04. The summed E-state index contributed by atoms with van der Waals surface area (Å²) in [5, 5.41) is 6.59. The quantitative estimate of drug-likeness (QED) is 0.566. The second-order valence-corrected chi connectivity index (χ2v) is 10.0. The van der Waals surface area contributed by atoms with Gasteiger partial charge in [0.2, 0.25) is 15.9 Å². The molecule has 1 amide bonds. The third-order valence-electron chi connectivity index (χ3n) is 5.65. The van der Waals surface area contributed by atoms with E-state index in [1.54, 1.807) is 30.3 Å². The summed E-state index contributed by atoms with van der Waals surface area (Å²) in [6.07, 6.45) is 3.92. The van der Waals surface area contributed by atoms with E-state index in [-0.39, 0.29) is 35.3 Å². The summed E-state index contributed by atoms with van der Waals surface area (Å²) in [6, 6.07) is 11.4. The Morgan fingerprint density at radius 2 is 1.97 bits per heavy atom. The highest BCUT2D eigenvalue weighted by atomic mass is 32.2. The molecule has 3 heterocycles. The molecule has 0 saturated carbocycles. The molecule has 0 aliphatic carbocycles. The maximum atomic E-state index is 14.0. The number of halogens is 1. The van der Waals surface area contributed by atoms with Gasteiger partial charge in [-0.2, -0.15) is 4.31 Å². The molecule has 1 saturated heterocycles. The SMILES string of the molecule is Cc1cccc(NC(=O)[C@@H]2CCCN(S(=O)(=O)c3c(C)noc3/C=C/c3ccccc3F)C2)n1. The Morgan fingerprint density at radius 3 is 2.74 bits per heavy atom. The first kappa shape index (κ1) is 23.8. The van der Waals surface area contributed by atoms with Gasteiger partial charge in [-0.25, -0.2) is 17.8 Å². The molecule has 0 unspecified atom stereocenters. The molecule has 1 aliphatic heterocycles. The number of pyridine rings is 1. The van der Waals surface area contributed by atoms with Crippen LogP contribution in [0.3, 0.4) is 0 Å². The molecular formula is C24H25FN4O4S. The first-order valence-electron chi connectivity index (χ1n) is 10.9. The van der Waals surface area contributed by atoms with Crippen LogP contribution in [0.4, 0.5) is 10.2 Å². The van der Waals surface area contributed by atoms with Gasteiger partial charge in [-0.05, 0) is 57.0 Å². The van der Waals surface area contributed by atoms with Gasteiger partial charge >= 0.3 is 0 Å². The minimum Gasteiger partial charge on any atom is -0.355 e. The number of rotatable bonds is 6. The molecule has 0 bridgehead atoms. The minimum atomic E-state index is -4.00. The molecular weight excluding hydrogens is 459 g/mol. The molecule has 0 spiro atoms. The zero-order chi connectivity index (χ0) is 24.3.